The van der Waals surface area contributed by atoms with Crippen molar-refractivity contribution in [1.29, 1.82) is 0 Å². The fourth-order valence-electron chi connectivity index (χ4n) is 1.02. The Morgan fingerprint density at radius 3 is 2.71 bits per heavy atom. The second kappa shape index (κ2) is 4.52. The van der Waals surface area contributed by atoms with E-state index in [-0.39, 0.29) is 16.5 Å². The summed E-state index contributed by atoms with van der Waals surface area (Å²) in [5.74, 6) is 0.0327. The number of ether oxygens (including phenoxy) is 1. The third-order valence-electron chi connectivity index (χ3n) is 1.70. The molecule has 0 aliphatic heterocycles. The van der Waals surface area contributed by atoms with Crippen LogP contribution in [0.4, 0.5) is 8.78 Å². The lowest BCUT2D eigenvalue weighted by Crippen LogP contribution is -2.20. The lowest BCUT2D eigenvalue weighted by atomic mass is 10.1. The number of hydrogen-bond acceptors (Lipinski definition) is 3. The molecule has 1 rings (SSSR count). The van der Waals surface area contributed by atoms with E-state index in [1.165, 1.54) is 19.4 Å². The van der Waals surface area contributed by atoms with Crippen LogP contribution in [0.2, 0.25) is 5.02 Å². The van der Waals surface area contributed by atoms with Gasteiger partial charge in [-0.25, -0.2) is 13.8 Å². The summed E-state index contributed by atoms with van der Waals surface area (Å²) >= 11 is 5.71. The zero-order valence-corrected chi connectivity index (χ0v) is 8.13. The summed E-state index contributed by atoms with van der Waals surface area (Å²) in [5, 5.41) is 0.129. The van der Waals surface area contributed by atoms with Crippen molar-refractivity contribution >= 4 is 11.6 Å². The minimum Gasteiger partial charge on any atom is -0.481 e. The number of rotatable bonds is 3. The summed E-state index contributed by atoms with van der Waals surface area (Å²) in [7, 11) is 1.32. The SMILES string of the molecule is COc1nccc(Cl)c1C(N)C(F)F. The maximum Gasteiger partial charge on any atom is 0.257 e. The Balaban J connectivity index is 3.16. The van der Waals surface area contributed by atoms with Crippen molar-refractivity contribution in [3.8, 4) is 5.88 Å². The average molecular weight is 223 g/mol. The van der Waals surface area contributed by atoms with Gasteiger partial charge in [0.05, 0.1) is 23.7 Å². The molecule has 0 radical (unpaired) electrons. The first-order valence-electron chi connectivity index (χ1n) is 3.80. The number of methoxy groups -OCH3 is 1. The fraction of sp³-hybridized carbons (Fsp3) is 0.375. The van der Waals surface area contributed by atoms with Crippen LogP contribution in [0, 0.1) is 0 Å². The van der Waals surface area contributed by atoms with Gasteiger partial charge in [0.2, 0.25) is 5.88 Å². The monoisotopic (exact) mass is 222 g/mol. The van der Waals surface area contributed by atoms with Gasteiger partial charge >= 0.3 is 0 Å². The van der Waals surface area contributed by atoms with Crippen LogP contribution in [0.15, 0.2) is 12.3 Å². The molecule has 1 aromatic heterocycles. The maximum atomic E-state index is 12.3. The summed E-state index contributed by atoms with van der Waals surface area (Å²) in [6, 6.07) is -0.0899. The number of nitrogens with zero attached hydrogens (tertiary/aromatic N) is 1. The lowest BCUT2D eigenvalue weighted by molar-refractivity contribution is 0.115. The van der Waals surface area contributed by atoms with Crippen LogP contribution < -0.4 is 10.5 Å². The molecule has 0 spiro atoms. The number of alkyl halides is 2. The van der Waals surface area contributed by atoms with Crippen molar-refractivity contribution in [1.82, 2.24) is 4.98 Å². The molecule has 6 heteroatoms. The molecular weight excluding hydrogens is 214 g/mol. The molecule has 2 N–H and O–H groups in total. The number of hydrogen-bond donors (Lipinski definition) is 1. The van der Waals surface area contributed by atoms with Gasteiger partial charge in [-0.1, -0.05) is 11.6 Å². The van der Waals surface area contributed by atoms with Gasteiger partial charge in [0.1, 0.15) is 0 Å². The Bertz CT molecular complexity index is 322. The van der Waals surface area contributed by atoms with Gasteiger partial charge in [0.25, 0.3) is 6.43 Å². The molecule has 14 heavy (non-hydrogen) atoms. The smallest absolute Gasteiger partial charge is 0.257 e. The summed E-state index contributed by atoms with van der Waals surface area (Å²) in [5.41, 5.74) is 5.29. The third kappa shape index (κ3) is 2.10. The maximum absolute atomic E-state index is 12.3. The molecule has 0 bridgehead atoms. The first-order chi connectivity index (χ1) is 6.57. The molecule has 0 aliphatic rings. The van der Waals surface area contributed by atoms with E-state index in [1.54, 1.807) is 0 Å². The minimum absolute atomic E-state index is 0.0327. The topological polar surface area (TPSA) is 48.1 Å². The molecule has 0 saturated carbocycles. The van der Waals surface area contributed by atoms with E-state index in [4.69, 9.17) is 22.1 Å². The molecule has 0 aromatic carbocycles. The predicted molar refractivity (Wildman–Crippen MR) is 48.7 cm³/mol. The highest BCUT2D eigenvalue weighted by Gasteiger charge is 2.24. The van der Waals surface area contributed by atoms with Crippen LogP contribution >= 0.6 is 11.6 Å². The van der Waals surface area contributed by atoms with E-state index in [0.29, 0.717) is 0 Å². The lowest BCUT2D eigenvalue weighted by Gasteiger charge is -2.14. The summed E-state index contributed by atoms with van der Waals surface area (Å²) in [6.45, 7) is 0. The molecular formula is C8H9ClF2N2O. The average Bonchev–Trinajstić information content (AvgIpc) is 2.16. The van der Waals surface area contributed by atoms with Crippen molar-refractivity contribution in [3.05, 3.63) is 22.8 Å². The number of nitrogens with two attached hydrogens (primary N) is 1. The highest BCUT2D eigenvalue weighted by atomic mass is 35.5. The molecule has 3 nitrogen and oxygen atoms in total. The second-order valence-corrected chi connectivity index (χ2v) is 2.98. The minimum atomic E-state index is -2.70. The van der Waals surface area contributed by atoms with Crippen LogP contribution in [-0.2, 0) is 0 Å². The highest BCUT2D eigenvalue weighted by molar-refractivity contribution is 6.31. The summed E-state index contributed by atoms with van der Waals surface area (Å²) in [6.07, 6.45) is -1.34. The van der Waals surface area contributed by atoms with Crippen molar-refractivity contribution < 1.29 is 13.5 Å². The largest absolute Gasteiger partial charge is 0.481 e. The van der Waals surface area contributed by atoms with Crippen molar-refractivity contribution in [2.45, 2.75) is 12.5 Å². The van der Waals surface area contributed by atoms with Gasteiger partial charge in [-0.2, -0.15) is 0 Å². The van der Waals surface area contributed by atoms with Gasteiger partial charge in [0.15, 0.2) is 0 Å². The first-order valence-corrected chi connectivity index (χ1v) is 4.17. The van der Waals surface area contributed by atoms with Crippen LogP contribution in [0.3, 0.4) is 0 Å². The molecule has 0 aliphatic carbocycles. The highest BCUT2D eigenvalue weighted by Crippen LogP contribution is 2.31. The van der Waals surface area contributed by atoms with E-state index < -0.39 is 12.5 Å². The quantitative estimate of drug-likeness (QED) is 0.851. The Hall–Kier alpha value is -0.940. The molecule has 1 heterocycles. The predicted octanol–water partition coefficient (Wildman–Crippen LogP) is 2.01. The molecule has 1 aromatic rings. The summed E-state index contributed by atoms with van der Waals surface area (Å²) in [4.78, 5) is 3.74. The zero-order valence-electron chi connectivity index (χ0n) is 7.38. The third-order valence-corrected chi connectivity index (χ3v) is 2.03. The zero-order chi connectivity index (χ0) is 10.7. The Labute approximate surface area is 84.8 Å². The van der Waals surface area contributed by atoms with E-state index in [0.717, 1.165) is 0 Å². The van der Waals surface area contributed by atoms with Gasteiger partial charge in [-0.3, -0.25) is 0 Å². The van der Waals surface area contributed by atoms with Gasteiger partial charge in [-0.15, -0.1) is 0 Å². The van der Waals surface area contributed by atoms with Crippen LogP contribution in [0.25, 0.3) is 0 Å². The standard InChI is InChI=1S/C8H9ClF2N2O/c1-14-8-5(6(12)7(10)11)4(9)2-3-13-8/h2-3,6-7H,12H2,1H3. The van der Waals surface area contributed by atoms with Crippen molar-refractivity contribution in [3.63, 3.8) is 0 Å². The van der Waals surface area contributed by atoms with E-state index >= 15 is 0 Å². The first kappa shape index (κ1) is 11.1. The van der Waals surface area contributed by atoms with E-state index in [9.17, 15) is 8.78 Å². The fourth-order valence-corrected chi connectivity index (χ4v) is 1.29. The summed E-state index contributed by atoms with van der Waals surface area (Å²) < 4.78 is 29.5. The molecule has 0 fully saturated rings. The molecule has 0 saturated heterocycles. The Kier molecular flexibility index (Phi) is 3.60. The van der Waals surface area contributed by atoms with Crippen molar-refractivity contribution in [2.75, 3.05) is 7.11 Å². The molecule has 1 unspecified atom stereocenters. The van der Waals surface area contributed by atoms with Gasteiger partial charge < -0.3 is 10.5 Å². The van der Waals surface area contributed by atoms with Gasteiger partial charge in [0, 0.05) is 6.20 Å². The van der Waals surface area contributed by atoms with Crippen LogP contribution in [0.5, 0.6) is 5.88 Å². The second-order valence-electron chi connectivity index (χ2n) is 2.58. The van der Waals surface area contributed by atoms with Crippen LogP contribution in [-0.4, -0.2) is 18.5 Å². The van der Waals surface area contributed by atoms with Crippen LogP contribution in [0.1, 0.15) is 11.6 Å². The van der Waals surface area contributed by atoms with Crippen molar-refractivity contribution in [2.24, 2.45) is 5.73 Å². The Morgan fingerprint density at radius 2 is 2.21 bits per heavy atom. The number of halogens is 3. The Morgan fingerprint density at radius 1 is 1.57 bits per heavy atom. The molecule has 78 valence electrons. The normalized spacial score (nSPS) is 13.0. The number of pyridine rings is 1. The molecule has 1 atom stereocenters. The van der Waals surface area contributed by atoms with E-state index in [1.807, 2.05) is 0 Å². The number of aromatic nitrogens is 1. The molecule has 0 amide bonds. The van der Waals surface area contributed by atoms with E-state index in [2.05, 4.69) is 4.98 Å². The van der Waals surface area contributed by atoms with Gasteiger partial charge in [-0.05, 0) is 6.07 Å².